The molecule has 12 heteroatoms. The van der Waals surface area contributed by atoms with Gasteiger partial charge in [0.05, 0.1) is 22.0 Å². The van der Waals surface area contributed by atoms with Crippen LogP contribution in [0.5, 0.6) is 0 Å². The Hall–Kier alpha value is -1.52. The second-order valence-corrected chi connectivity index (χ2v) is 9.73. The van der Waals surface area contributed by atoms with Gasteiger partial charge in [-0.05, 0) is 36.4 Å². The van der Waals surface area contributed by atoms with E-state index < -0.39 is 30.8 Å². The number of sulfonamides is 2. The monoisotopic (exact) mass is 456 g/mol. The average molecular weight is 458 g/mol. The zero-order valence-corrected chi connectivity index (χ0v) is 16.9. The van der Waals surface area contributed by atoms with Crippen molar-refractivity contribution in [2.75, 3.05) is 11.0 Å². The Labute approximate surface area is 165 Å². The second kappa shape index (κ2) is 7.61. The van der Waals surface area contributed by atoms with Crippen molar-refractivity contribution in [3.63, 3.8) is 0 Å². The molecule has 7 nitrogen and oxygen atoms in total. The van der Waals surface area contributed by atoms with Gasteiger partial charge in [-0.25, -0.2) is 21.6 Å². The Balaban J connectivity index is 2.44. The van der Waals surface area contributed by atoms with Crippen molar-refractivity contribution in [1.82, 2.24) is 4.72 Å². The van der Waals surface area contributed by atoms with Gasteiger partial charge in [0.15, 0.2) is 0 Å². The molecule has 0 saturated heterocycles. The highest BCUT2D eigenvalue weighted by molar-refractivity contribution is 7.92. The summed E-state index contributed by atoms with van der Waals surface area (Å²) in [6.07, 6.45) is 0.793. The van der Waals surface area contributed by atoms with Crippen LogP contribution in [-0.2, 0) is 20.0 Å². The molecule has 0 spiro atoms. The summed E-state index contributed by atoms with van der Waals surface area (Å²) < 4.78 is 51.5. The fourth-order valence-corrected chi connectivity index (χ4v) is 4.30. The molecule has 0 aromatic heterocycles. The molecule has 0 atom stereocenters. The van der Waals surface area contributed by atoms with E-state index in [0.29, 0.717) is 0 Å². The number of anilines is 1. The molecule has 26 heavy (non-hydrogen) atoms. The van der Waals surface area contributed by atoms with E-state index in [1.54, 1.807) is 4.72 Å². The van der Waals surface area contributed by atoms with Gasteiger partial charge in [-0.1, -0.05) is 34.8 Å². The molecule has 0 unspecified atom stereocenters. The van der Waals surface area contributed by atoms with Crippen LogP contribution in [0.2, 0.25) is 15.1 Å². The van der Waals surface area contributed by atoms with Crippen LogP contribution in [0.3, 0.4) is 0 Å². The lowest BCUT2D eigenvalue weighted by Gasteiger charge is -2.12. The number of hydrogen-bond acceptors (Lipinski definition) is 5. The van der Waals surface area contributed by atoms with E-state index in [1.165, 1.54) is 24.3 Å². The standard InChI is InChI=1S/C14H11Cl3N2O5S2/c1-25(21,22)19-14(20)8-2-4-11(17)13(6-8)26(23,24)18-12-7-9(15)3-5-10(12)16/h2-7,18H,1H3,(H,19,20). The Morgan fingerprint density at radius 1 is 0.923 bits per heavy atom. The maximum atomic E-state index is 12.6. The van der Waals surface area contributed by atoms with Crippen LogP contribution < -0.4 is 9.44 Å². The molecule has 0 heterocycles. The smallest absolute Gasteiger partial charge is 0.264 e. The molecule has 2 aromatic rings. The van der Waals surface area contributed by atoms with E-state index in [2.05, 4.69) is 4.72 Å². The Morgan fingerprint density at radius 3 is 2.15 bits per heavy atom. The molecule has 0 aliphatic heterocycles. The zero-order valence-electron chi connectivity index (χ0n) is 13.0. The maximum absolute atomic E-state index is 12.6. The van der Waals surface area contributed by atoms with Gasteiger partial charge in [0, 0.05) is 10.6 Å². The molecule has 1 amide bonds. The van der Waals surface area contributed by atoms with Gasteiger partial charge in [-0.15, -0.1) is 0 Å². The number of amides is 1. The van der Waals surface area contributed by atoms with Crippen LogP contribution in [0.1, 0.15) is 10.4 Å². The van der Waals surface area contributed by atoms with Gasteiger partial charge in [0.2, 0.25) is 10.0 Å². The highest BCUT2D eigenvalue weighted by atomic mass is 35.5. The minimum absolute atomic E-state index is 0.0150. The van der Waals surface area contributed by atoms with E-state index in [0.717, 1.165) is 18.4 Å². The number of benzene rings is 2. The van der Waals surface area contributed by atoms with E-state index in [4.69, 9.17) is 34.8 Å². The highest BCUT2D eigenvalue weighted by Gasteiger charge is 2.22. The largest absolute Gasteiger partial charge is 0.278 e. The molecule has 0 fully saturated rings. The number of carbonyl (C=O) groups excluding carboxylic acids is 1. The van der Waals surface area contributed by atoms with Crippen molar-refractivity contribution in [3.8, 4) is 0 Å². The second-order valence-electron chi connectivity index (χ2n) is 5.08. The Kier molecular flexibility index (Phi) is 6.09. The molecule has 2 rings (SSSR count). The van der Waals surface area contributed by atoms with Gasteiger partial charge in [-0.2, -0.15) is 0 Å². The number of rotatable bonds is 5. The lowest BCUT2D eigenvalue weighted by Crippen LogP contribution is -2.29. The molecular weight excluding hydrogens is 447 g/mol. The minimum Gasteiger partial charge on any atom is -0.278 e. The van der Waals surface area contributed by atoms with Gasteiger partial charge >= 0.3 is 0 Å². The van der Waals surface area contributed by atoms with Crippen LogP contribution >= 0.6 is 34.8 Å². The maximum Gasteiger partial charge on any atom is 0.264 e. The third-order valence-electron chi connectivity index (χ3n) is 2.93. The number of halogens is 3. The average Bonchev–Trinajstić information content (AvgIpc) is 2.49. The molecule has 0 radical (unpaired) electrons. The van der Waals surface area contributed by atoms with Crippen LogP contribution in [0.25, 0.3) is 0 Å². The van der Waals surface area contributed by atoms with Crippen molar-refractivity contribution in [2.45, 2.75) is 4.90 Å². The summed E-state index contributed by atoms with van der Waals surface area (Å²) in [7, 11) is -8.06. The third kappa shape index (κ3) is 5.24. The molecule has 2 aromatic carbocycles. The zero-order chi connectivity index (χ0) is 19.7. The third-order valence-corrected chi connectivity index (χ3v) is 5.90. The van der Waals surface area contributed by atoms with Crippen molar-refractivity contribution < 1.29 is 21.6 Å². The van der Waals surface area contributed by atoms with Crippen molar-refractivity contribution >= 4 is 66.4 Å². The first-order chi connectivity index (χ1) is 11.9. The first-order valence-electron chi connectivity index (χ1n) is 6.68. The summed E-state index contributed by atoms with van der Waals surface area (Å²) in [4.78, 5) is 11.5. The van der Waals surface area contributed by atoms with E-state index in [1.807, 2.05) is 0 Å². The fourth-order valence-electron chi connectivity index (χ4n) is 1.85. The van der Waals surface area contributed by atoms with E-state index >= 15 is 0 Å². The predicted octanol–water partition coefficient (Wildman–Crippen LogP) is 3.14. The first kappa shape index (κ1) is 20.8. The normalized spacial score (nSPS) is 11.8. The Morgan fingerprint density at radius 2 is 1.54 bits per heavy atom. The molecule has 140 valence electrons. The van der Waals surface area contributed by atoms with Crippen molar-refractivity contribution in [2.24, 2.45) is 0 Å². The summed E-state index contributed by atoms with van der Waals surface area (Å²) in [6.45, 7) is 0. The summed E-state index contributed by atoms with van der Waals surface area (Å²) >= 11 is 17.7. The van der Waals surface area contributed by atoms with Crippen LogP contribution in [0.15, 0.2) is 41.3 Å². The SMILES string of the molecule is CS(=O)(=O)NC(=O)c1ccc(Cl)c(S(=O)(=O)Nc2cc(Cl)ccc2Cl)c1. The van der Waals surface area contributed by atoms with E-state index in [9.17, 15) is 21.6 Å². The summed E-state index contributed by atoms with van der Waals surface area (Å²) in [5.74, 6) is -0.999. The van der Waals surface area contributed by atoms with Crippen LogP contribution in [0, 0.1) is 0 Å². The Bertz CT molecular complexity index is 1090. The molecule has 2 N–H and O–H groups in total. The van der Waals surface area contributed by atoms with Crippen LogP contribution in [-0.4, -0.2) is 29.0 Å². The van der Waals surface area contributed by atoms with Gasteiger partial charge < -0.3 is 0 Å². The summed E-state index contributed by atoms with van der Waals surface area (Å²) in [6, 6.07) is 7.48. The predicted molar refractivity (Wildman–Crippen MR) is 101 cm³/mol. The molecule has 0 aliphatic rings. The molecule has 0 bridgehead atoms. The first-order valence-corrected chi connectivity index (χ1v) is 11.2. The quantitative estimate of drug-likeness (QED) is 0.717. The molecular formula is C14H11Cl3N2O5S2. The summed E-state index contributed by atoms with van der Waals surface area (Å²) in [5.41, 5.74) is -0.196. The minimum atomic E-state index is -4.24. The van der Waals surface area contributed by atoms with E-state index in [-0.39, 0.29) is 26.3 Å². The topological polar surface area (TPSA) is 109 Å². The fraction of sp³-hybridized carbons (Fsp3) is 0.0714. The van der Waals surface area contributed by atoms with Gasteiger partial charge in [0.1, 0.15) is 4.90 Å². The number of nitrogens with one attached hydrogen (secondary N) is 2. The number of carbonyl (C=O) groups is 1. The van der Waals surface area contributed by atoms with Crippen molar-refractivity contribution in [1.29, 1.82) is 0 Å². The van der Waals surface area contributed by atoms with Crippen LogP contribution in [0.4, 0.5) is 5.69 Å². The molecule has 0 aliphatic carbocycles. The van der Waals surface area contributed by atoms with Gasteiger partial charge in [0.25, 0.3) is 15.9 Å². The highest BCUT2D eigenvalue weighted by Crippen LogP contribution is 2.30. The lowest BCUT2D eigenvalue weighted by molar-refractivity contribution is 0.0981. The van der Waals surface area contributed by atoms with Gasteiger partial charge in [-0.3, -0.25) is 9.52 Å². The lowest BCUT2D eigenvalue weighted by atomic mass is 10.2. The molecule has 0 saturated carbocycles. The van der Waals surface area contributed by atoms with Crippen molar-refractivity contribution in [3.05, 3.63) is 57.0 Å². The number of hydrogen-bond donors (Lipinski definition) is 2. The summed E-state index contributed by atoms with van der Waals surface area (Å²) in [5, 5.41) is 0.172.